The van der Waals surface area contributed by atoms with Crippen LogP contribution in [0.15, 0.2) is 54.6 Å². The van der Waals surface area contributed by atoms with E-state index in [1.165, 1.54) is 0 Å². The Bertz CT molecular complexity index is 590. The standard InChI is InChI=1S/C18H19NO2/c1-3-12-19-14-15(2)20-17-10-7-11-18(13-17)21-16-8-5-4-6-9-16/h1,4-11,13,15,19H,12,14H2,2H3. The lowest BCUT2D eigenvalue weighted by atomic mass is 10.3. The van der Waals surface area contributed by atoms with E-state index in [1.54, 1.807) is 0 Å². The van der Waals surface area contributed by atoms with Crippen molar-refractivity contribution in [2.24, 2.45) is 0 Å². The predicted octanol–water partition coefficient (Wildman–Crippen LogP) is 3.47. The summed E-state index contributed by atoms with van der Waals surface area (Å²) in [4.78, 5) is 0. The van der Waals surface area contributed by atoms with Gasteiger partial charge in [-0.2, -0.15) is 0 Å². The molecule has 3 nitrogen and oxygen atoms in total. The van der Waals surface area contributed by atoms with E-state index < -0.39 is 0 Å². The Kier molecular flexibility index (Phi) is 5.69. The Morgan fingerprint density at radius 1 is 1.05 bits per heavy atom. The van der Waals surface area contributed by atoms with Gasteiger partial charge in [0, 0.05) is 12.6 Å². The average molecular weight is 281 g/mol. The summed E-state index contributed by atoms with van der Waals surface area (Å²) in [6.07, 6.45) is 5.22. The molecule has 0 aliphatic carbocycles. The Labute approximate surface area is 125 Å². The van der Waals surface area contributed by atoms with Crippen LogP contribution >= 0.6 is 0 Å². The van der Waals surface area contributed by atoms with Crippen LogP contribution in [-0.2, 0) is 0 Å². The van der Waals surface area contributed by atoms with Gasteiger partial charge in [0.05, 0.1) is 6.54 Å². The number of hydrogen-bond acceptors (Lipinski definition) is 3. The van der Waals surface area contributed by atoms with Crippen molar-refractivity contribution in [3.63, 3.8) is 0 Å². The van der Waals surface area contributed by atoms with E-state index >= 15 is 0 Å². The summed E-state index contributed by atoms with van der Waals surface area (Å²) in [6.45, 7) is 3.24. The molecule has 0 bridgehead atoms. The third-order valence-corrected chi connectivity index (χ3v) is 2.78. The van der Waals surface area contributed by atoms with E-state index in [1.807, 2.05) is 61.5 Å². The van der Waals surface area contributed by atoms with Crippen molar-refractivity contribution in [1.29, 1.82) is 0 Å². The van der Waals surface area contributed by atoms with Crippen molar-refractivity contribution < 1.29 is 9.47 Å². The van der Waals surface area contributed by atoms with Gasteiger partial charge in [0.2, 0.25) is 0 Å². The van der Waals surface area contributed by atoms with Gasteiger partial charge >= 0.3 is 0 Å². The second kappa shape index (κ2) is 7.98. The zero-order valence-corrected chi connectivity index (χ0v) is 12.1. The molecule has 1 unspecified atom stereocenters. The molecule has 0 fully saturated rings. The molecule has 1 N–H and O–H groups in total. The van der Waals surface area contributed by atoms with Crippen LogP contribution < -0.4 is 14.8 Å². The van der Waals surface area contributed by atoms with Gasteiger partial charge < -0.3 is 14.8 Å². The van der Waals surface area contributed by atoms with Crippen molar-refractivity contribution in [1.82, 2.24) is 5.32 Å². The van der Waals surface area contributed by atoms with Crippen molar-refractivity contribution in [2.45, 2.75) is 13.0 Å². The van der Waals surface area contributed by atoms with E-state index in [4.69, 9.17) is 15.9 Å². The fourth-order valence-electron chi connectivity index (χ4n) is 1.86. The van der Waals surface area contributed by atoms with Crippen LogP contribution in [-0.4, -0.2) is 19.2 Å². The molecule has 108 valence electrons. The van der Waals surface area contributed by atoms with Crippen LogP contribution in [0.2, 0.25) is 0 Å². The van der Waals surface area contributed by atoms with E-state index in [-0.39, 0.29) is 6.10 Å². The first kappa shape index (κ1) is 15.0. The maximum absolute atomic E-state index is 5.83. The zero-order valence-electron chi connectivity index (χ0n) is 12.1. The molecule has 1 atom stereocenters. The fraction of sp³-hybridized carbons (Fsp3) is 0.222. The summed E-state index contributed by atoms with van der Waals surface area (Å²) >= 11 is 0. The average Bonchev–Trinajstić information content (AvgIpc) is 2.49. The summed E-state index contributed by atoms with van der Waals surface area (Å²) in [5.41, 5.74) is 0. The largest absolute Gasteiger partial charge is 0.489 e. The molecule has 2 aromatic carbocycles. The number of para-hydroxylation sites is 1. The minimum Gasteiger partial charge on any atom is -0.489 e. The van der Waals surface area contributed by atoms with Gasteiger partial charge in [0.15, 0.2) is 0 Å². The number of hydrogen-bond donors (Lipinski definition) is 1. The van der Waals surface area contributed by atoms with Crippen LogP contribution in [0.25, 0.3) is 0 Å². The molecule has 0 aromatic heterocycles. The van der Waals surface area contributed by atoms with Crippen LogP contribution in [0.3, 0.4) is 0 Å². The topological polar surface area (TPSA) is 30.5 Å². The Morgan fingerprint density at radius 3 is 2.52 bits per heavy atom. The molecule has 0 amide bonds. The van der Waals surface area contributed by atoms with Gasteiger partial charge in [-0.1, -0.05) is 30.2 Å². The number of benzene rings is 2. The van der Waals surface area contributed by atoms with Crippen molar-refractivity contribution in [2.75, 3.05) is 13.1 Å². The molecule has 0 heterocycles. The Hall–Kier alpha value is -2.44. The molecule has 0 aliphatic heterocycles. The van der Waals surface area contributed by atoms with Crippen molar-refractivity contribution >= 4 is 0 Å². The van der Waals surface area contributed by atoms with Crippen LogP contribution in [0.1, 0.15) is 6.92 Å². The third-order valence-electron chi connectivity index (χ3n) is 2.78. The van der Waals surface area contributed by atoms with Crippen molar-refractivity contribution in [3.8, 4) is 29.6 Å². The molecular formula is C18H19NO2. The molecule has 0 aliphatic rings. The SMILES string of the molecule is C#CCNCC(C)Oc1cccc(Oc2ccccc2)c1. The van der Waals surface area contributed by atoms with E-state index in [0.717, 1.165) is 17.2 Å². The zero-order chi connectivity index (χ0) is 14.9. The second-order valence-corrected chi connectivity index (χ2v) is 4.65. The molecule has 0 saturated carbocycles. The smallest absolute Gasteiger partial charge is 0.131 e. The molecule has 2 aromatic rings. The summed E-state index contributed by atoms with van der Waals surface area (Å²) in [5.74, 6) is 4.87. The van der Waals surface area contributed by atoms with Crippen LogP contribution in [0, 0.1) is 12.3 Å². The minimum atomic E-state index is 0.0327. The molecular weight excluding hydrogens is 262 g/mol. The molecule has 2 rings (SSSR count). The van der Waals surface area contributed by atoms with E-state index in [2.05, 4.69) is 11.2 Å². The summed E-state index contributed by atoms with van der Waals surface area (Å²) in [6, 6.07) is 17.3. The second-order valence-electron chi connectivity index (χ2n) is 4.65. The van der Waals surface area contributed by atoms with Gasteiger partial charge in [-0.05, 0) is 31.2 Å². The van der Waals surface area contributed by atoms with E-state index in [9.17, 15) is 0 Å². The van der Waals surface area contributed by atoms with Gasteiger partial charge in [0.25, 0.3) is 0 Å². The van der Waals surface area contributed by atoms with Crippen LogP contribution in [0.4, 0.5) is 0 Å². The summed E-state index contributed by atoms with van der Waals surface area (Å²) in [5, 5.41) is 3.12. The van der Waals surface area contributed by atoms with E-state index in [0.29, 0.717) is 13.1 Å². The molecule has 21 heavy (non-hydrogen) atoms. The predicted molar refractivity (Wildman–Crippen MR) is 84.8 cm³/mol. The normalized spacial score (nSPS) is 11.4. The first-order valence-corrected chi connectivity index (χ1v) is 6.92. The lowest BCUT2D eigenvalue weighted by molar-refractivity contribution is 0.218. The first-order chi connectivity index (χ1) is 10.3. The third kappa shape index (κ3) is 5.21. The maximum Gasteiger partial charge on any atom is 0.131 e. The summed E-state index contributed by atoms with van der Waals surface area (Å²) < 4.78 is 11.6. The number of terminal acetylenes is 1. The lowest BCUT2D eigenvalue weighted by Gasteiger charge is -2.15. The maximum atomic E-state index is 5.83. The van der Waals surface area contributed by atoms with Gasteiger partial charge in [0.1, 0.15) is 23.4 Å². The number of nitrogens with one attached hydrogen (secondary N) is 1. The summed E-state index contributed by atoms with van der Waals surface area (Å²) in [7, 11) is 0. The Morgan fingerprint density at radius 2 is 1.76 bits per heavy atom. The van der Waals surface area contributed by atoms with Crippen molar-refractivity contribution in [3.05, 3.63) is 54.6 Å². The minimum absolute atomic E-state index is 0.0327. The number of rotatable bonds is 7. The quantitative estimate of drug-likeness (QED) is 0.622. The number of ether oxygens (including phenoxy) is 2. The first-order valence-electron chi connectivity index (χ1n) is 6.92. The molecule has 3 heteroatoms. The highest BCUT2D eigenvalue weighted by atomic mass is 16.5. The highest BCUT2D eigenvalue weighted by Crippen LogP contribution is 2.25. The van der Waals surface area contributed by atoms with Gasteiger partial charge in [-0.25, -0.2) is 0 Å². The lowest BCUT2D eigenvalue weighted by Crippen LogP contribution is -2.29. The van der Waals surface area contributed by atoms with Gasteiger partial charge in [-0.15, -0.1) is 6.42 Å². The molecule has 0 saturated heterocycles. The van der Waals surface area contributed by atoms with Gasteiger partial charge in [-0.3, -0.25) is 0 Å². The highest BCUT2D eigenvalue weighted by Gasteiger charge is 2.05. The molecule has 0 radical (unpaired) electrons. The highest BCUT2D eigenvalue weighted by molar-refractivity contribution is 5.36. The Balaban J connectivity index is 1.93. The monoisotopic (exact) mass is 281 g/mol. The molecule has 0 spiro atoms. The van der Waals surface area contributed by atoms with Crippen LogP contribution in [0.5, 0.6) is 17.2 Å². The fourth-order valence-corrected chi connectivity index (χ4v) is 1.86.